The minimum Gasteiger partial charge on any atom is -0.497 e. The molecule has 0 aliphatic rings. The lowest BCUT2D eigenvalue weighted by Crippen LogP contribution is -2.40. The minimum atomic E-state index is -0.920. The van der Waals surface area contributed by atoms with Gasteiger partial charge in [0.05, 0.1) is 13.7 Å². The second-order valence-corrected chi connectivity index (χ2v) is 8.27. The predicted molar refractivity (Wildman–Crippen MR) is 140 cm³/mol. The van der Waals surface area contributed by atoms with Gasteiger partial charge in [-0.2, -0.15) is 0 Å². The monoisotopic (exact) mass is 559 g/mol. The zero-order valence-corrected chi connectivity index (χ0v) is 21.5. The third-order valence-corrected chi connectivity index (χ3v) is 5.65. The summed E-state index contributed by atoms with van der Waals surface area (Å²) < 4.78 is 22.9. The molecule has 0 saturated heterocycles. The number of nitrogens with zero attached hydrogens (tertiary/aromatic N) is 1. The van der Waals surface area contributed by atoms with Gasteiger partial charge in [-0.05, 0) is 36.6 Å². The van der Waals surface area contributed by atoms with Crippen molar-refractivity contribution in [1.29, 1.82) is 0 Å². The summed E-state index contributed by atoms with van der Waals surface area (Å²) in [6.45, 7) is 5.35. The number of hydrogen-bond acceptors (Lipinski definition) is 4. The van der Waals surface area contributed by atoms with E-state index < -0.39 is 10.8 Å². The smallest absolute Gasteiger partial charge is 0.191 e. The molecule has 2 aromatic rings. The van der Waals surface area contributed by atoms with Crippen molar-refractivity contribution in [3.63, 3.8) is 0 Å². The fourth-order valence-electron chi connectivity index (χ4n) is 2.72. The van der Waals surface area contributed by atoms with Crippen LogP contribution in [0.3, 0.4) is 0 Å². The number of halogens is 1. The van der Waals surface area contributed by atoms with Crippen molar-refractivity contribution >= 4 is 40.7 Å². The first-order valence-corrected chi connectivity index (χ1v) is 11.8. The molecule has 0 saturated carbocycles. The zero-order valence-electron chi connectivity index (χ0n) is 18.3. The number of methoxy groups -OCH3 is 1. The van der Waals surface area contributed by atoms with Crippen molar-refractivity contribution in [3.8, 4) is 5.75 Å². The summed E-state index contributed by atoms with van der Waals surface area (Å²) in [7, 11) is 0.736. The van der Waals surface area contributed by atoms with E-state index in [2.05, 4.69) is 15.6 Å². The first kappa shape index (κ1) is 27.4. The number of guanidine groups is 1. The van der Waals surface area contributed by atoms with Crippen molar-refractivity contribution in [1.82, 2.24) is 10.6 Å². The van der Waals surface area contributed by atoms with E-state index in [1.165, 1.54) is 0 Å². The molecule has 0 amide bonds. The Kier molecular flexibility index (Phi) is 15.0. The highest BCUT2D eigenvalue weighted by Gasteiger charge is 2.04. The lowest BCUT2D eigenvalue weighted by atomic mass is 10.2. The average Bonchev–Trinajstić information content (AvgIpc) is 2.78. The van der Waals surface area contributed by atoms with Crippen molar-refractivity contribution in [2.45, 2.75) is 25.6 Å². The Labute approximate surface area is 205 Å². The van der Waals surface area contributed by atoms with Gasteiger partial charge in [-0.1, -0.05) is 42.5 Å². The molecule has 0 fully saturated rings. The molecule has 0 bridgehead atoms. The highest BCUT2D eigenvalue weighted by atomic mass is 127. The van der Waals surface area contributed by atoms with Gasteiger partial charge in [0.1, 0.15) is 5.75 Å². The summed E-state index contributed by atoms with van der Waals surface area (Å²) in [5.41, 5.74) is 2.19. The molecule has 2 aromatic carbocycles. The van der Waals surface area contributed by atoms with Gasteiger partial charge in [-0.15, -0.1) is 24.0 Å². The Balaban J connectivity index is 0.00000480. The van der Waals surface area contributed by atoms with Crippen LogP contribution in [0.2, 0.25) is 0 Å². The van der Waals surface area contributed by atoms with Gasteiger partial charge >= 0.3 is 0 Å². The van der Waals surface area contributed by atoms with E-state index in [1.54, 1.807) is 7.11 Å². The number of rotatable bonds is 13. The van der Waals surface area contributed by atoms with Crippen LogP contribution in [0.1, 0.15) is 24.5 Å². The van der Waals surface area contributed by atoms with Crippen molar-refractivity contribution < 1.29 is 13.7 Å². The molecule has 8 heteroatoms. The van der Waals surface area contributed by atoms with Crippen LogP contribution in [0.4, 0.5) is 0 Å². The molecule has 172 valence electrons. The third-order valence-electron chi connectivity index (χ3n) is 4.33. The molecular formula is C23H34IN3O3S. The maximum atomic E-state index is 12.3. The van der Waals surface area contributed by atoms with Crippen molar-refractivity contribution in [2.24, 2.45) is 4.99 Å². The van der Waals surface area contributed by atoms with Crippen LogP contribution in [-0.4, -0.2) is 49.3 Å². The molecule has 0 heterocycles. The van der Waals surface area contributed by atoms with E-state index in [0.717, 1.165) is 49.0 Å². The molecule has 0 aliphatic heterocycles. The number of benzene rings is 2. The van der Waals surface area contributed by atoms with Gasteiger partial charge in [0, 0.05) is 48.6 Å². The second kappa shape index (κ2) is 17.0. The zero-order chi connectivity index (χ0) is 21.4. The number of nitrogens with one attached hydrogen (secondary N) is 2. The molecule has 31 heavy (non-hydrogen) atoms. The standard InChI is InChI=1S/C23H33N3O3S.HI/c1-3-29-16-7-14-24-23(26-18-20-10-12-22(28-2)13-11-20)25-15-17-30(27)19-21-8-5-4-6-9-21;/h4-6,8-13H,3,7,14-19H2,1-2H3,(H2,24,25,26);1H. The number of aliphatic imine (C=N–C) groups is 1. The molecule has 0 spiro atoms. The van der Waals surface area contributed by atoms with Crippen LogP contribution in [0.5, 0.6) is 5.75 Å². The quantitative estimate of drug-likeness (QED) is 0.170. The summed E-state index contributed by atoms with van der Waals surface area (Å²) in [6, 6.07) is 17.8. The second-order valence-electron chi connectivity index (χ2n) is 6.69. The maximum absolute atomic E-state index is 12.3. The molecule has 0 aromatic heterocycles. The Morgan fingerprint density at radius 2 is 1.71 bits per heavy atom. The van der Waals surface area contributed by atoms with Crippen LogP contribution in [-0.2, 0) is 27.8 Å². The lowest BCUT2D eigenvalue weighted by molar-refractivity contribution is 0.145. The van der Waals surface area contributed by atoms with Crippen LogP contribution >= 0.6 is 24.0 Å². The molecule has 2 N–H and O–H groups in total. The number of hydrogen-bond donors (Lipinski definition) is 2. The molecular weight excluding hydrogens is 525 g/mol. The van der Waals surface area contributed by atoms with Crippen LogP contribution < -0.4 is 15.4 Å². The largest absolute Gasteiger partial charge is 0.497 e. The predicted octanol–water partition coefficient (Wildman–Crippen LogP) is 3.72. The van der Waals surface area contributed by atoms with Crippen LogP contribution in [0.25, 0.3) is 0 Å². The van der Waals surface area contributed by atoms with Gasteiger partial charge in [-0.3, -0.25) is 4.21 Å². The summed E-state index contributed by atoms with van der Waals surface area (Å²) in [5.74, 6) is 2.69. The van der Waals surface area contributed by atoms with E-state index in [1.807, 2.05) is 61.5 Å². The summed E-state index contributed by atoms with van der Waals surface area (Å²) in [5, 5.41) is 6.63. The van der Waals surface area contributed by atoms with Crippen molar-refractivity contribution in [2.75, 3.05) is 39.2 Å². The van der Waals surface area contributed by atoms with Crippen LogP contribution in [0, 0.1) is 0 Å². The molecule has 2 rings (SSSR count). The Bertz CT molecular complexity index is 773. The summed E-state index contributed by atoms with van der Waals surface area (Å²) in [6.07, 6.45) is 0.900. The Morgan fingerprint density at radius 1 is 1.00 bits per heavy atom. The van der Waals surface area contributed by atoms with Gasteiger partial charge in [0.25, 0.3) is 0 Å². The first-order chi connectivity index (χ1) is 14.7. The van der Waals surface area contributed by atoms with Crippen molar-refractivity contribution in [3.05, 3.63) is 65.7 Å². The van der Waals surface area contributed by atoms with Gasteiger partial charge in [0.2, 0.25) is 0 Å². The highest BCUT2D eigenvalue weighted by Crippen LogP contribution is 2.11. The third kappa shape index (κ3) is 12.1. The first-order valence-electron chi connectivity index (χ1n) is 10.3. The SMILES string of the molecule is CCOCCCNC(=NCc1ccc(OC)cc1)NCCS(=O)Cc1ccccc1.I. The van der Waals surface area contributed by atoms with Gasteiger partial charge in [-0.25, -0.2) is 4.99 Å². The van der Waals surface area contributed by atoms with E-state index in [9.17, 15) is 4.21 Å². The Morgan fingerprint density at radius 3 is 2.39 bits per heavy atom. The number of ether oxygens (including phenoxy) is 2. The average molecular weight is 560 g/mol. The maximum Gasteiger partial charge on any atom is 0.191 e. The van der Waals surface area contributed by atoms with Gasteiger partial charge < -0.3 is 20.1 Å². The fourth-order valence-corrected chi connectivity index (χ4v) is 3.75. The highest BCUT2D eigenvalue weighted by molar-refractivity contribution is 14.0. The Hall–Kier alpha value is -1.65. The minimum absolute atomic E-state index is 0. The van der Waals surface area contributed by atoms with E-state index in [-0.39, 0.29) is 24.0 Å². The fraction of sp³-hybridized carbons (Fsp3) is 0.435. The summed E-state index contributed by atoms with van der Waals surface area (Å²) in [4.78, 5) is 4.66. The molecule has 0 aliphatic carbocycles. The topological polar surface area (TPSA) is 71.9 Å². The summed E-state index contributed by atoms with van der Waals surface area (Å²) >= 11 is 0. The van der Waals surface area contributed by atoms with Crippen LogP contribution in [0.15, 0.2) is 59.6 Å². The van der Waals surface area contributed by atoms with E-state index in [0.29, 0.717) is 24.6 Å². The van der Waals surface area contributed by atoms with Gasteiger partial charge in [0.15, 0.2) is 5.96 Å². The normalized spacial score (nSPS) is 12.0. The van der Waals surface area contributed by atoms with E-state index >= 15 is 0 Å². The molecule has 1 atom stereocenters. The molecule has 1 unspecified atom stereocenters. The van der Waals surface area contributed by atoms with E-state index in [4.69, 9.17) is 9.47 Å². The molecule has 0 radical (unpaired) electrons. The molecule has 6 nitrogen and oxygen atoms in total. The lowest BCUT2D eigenvalue weighted by Gasteiger charge is -2.13.